The third kappa shape index (κ3) is 3.31. The lowest BCUT2D eigenvalue weighted by Gasteiger charge is -2.26. The first-order valence-corrected chi connectivity index (χ1v) is 6.80. The van der Waals surface area contributed by atoms with Crippen molar-refractivity contribution in [3.8, 4) is 0 Å². The zero-order valence-electron chi connectivity index (χ0n) is 9.73. The number of sulfone groups is 1. The van der Waals surface area contributed by atoms with Gasteiger partial charge in [0.1, 0.15) is 0 Å². The predicted octanol–water partition coefficient (Wildman–Crippen LogP) is -0.213. The molecule has 3 N–H and O–H groups in total. The van der Waals surface area contributed by atoms with Gasteiger partial charge in [0.15, 0.2) is 9.84 Å². The Morgan fingerprint density at radius 3 is 2.44 bits per heavy atom. The molecule has 16 heavy (non-hydrogen) atoms. The molecule has 5 nitrogen and oxygen atoms in total. The van der Waals surface area contributed by atoms with Gasteiger partial charge in [-0.05, 0) is 11.5 Å². The van der Waals surface area contributed by atoms with Gasteiger partial charge in [0.2, 0.25) is 5.91 Å². The molecule has 0 aromatic rings. The van der Waals surface area contributed by atoms with Crippen molar-refractivity contribution in [3.63, 3.8) is 0 Å². The fourth-order valence-corrected chi connectivity index (χ4v) is 2.57. The third-order valence-electron chi connectivity index (χ3n) is 2.47. The van der Waals surface area contributed by atoms with Crippen LogP contribution in [-0.2, 0) is 14.6 Å². The highest BCUT2D eigenvalue weighted by Crippen LogP contribution is 2.18. The molecule has 0 aromatic carbocycles. The SMILES string of the molecule is CC(C)(C)[C@@H](N)C(=O)NC1C=CS(=O)(=O)C1. The summed E-state index contributed by atoms with van der Waals surface area (Å²) < 4.78 is 22.2. The van der Waals surface area contributed by atoms with Gasteiger partial charge < -0.3 is 11.1 Å². The number of amides is 1. The minimum absolute atomic E-state index is 0.0738. The van der Waals surface area contributed by atoms with Crippen LogP contribution in [0.25, 0.3) is 0 Å². The van der Waals surface area contributed by atoms with Crippen LogP contribution >= 0.6 is 0 Å². The molecule has 1 rings (SSSR count). The molecular weight excluding hydrogens is 228 g/mol. The second-order valence-electron chi connectivity index (χ2n) is 5.12. The molecule has 0 spiro atoms. The zero-order valence-corrected chi connectivity index (χ0v) is 10.5. The van der Waals surface area contributed by atoms with Crippen LogP contribution in [0.15, 0.2) is 11.5 Å². The van der Waals surface area contributed by atoms with E-state index < -0.39 is 21.9 Å². The summed E-state index contributed by atoms with van der Waals surface area (Å²) >= 11 is 0. The smallest absolute Gasteiger partial charge is 0.237 e. The topological polar surface area (TPSA) is 89.3 Å². The van der Waals surface area contributed by atoms with Gasteiger partial charge in [0, 0.05) is 5.41 Å². The average Bonchev–Trinajstić information content (AvgIpc) is 2.42. The van der Waals surface area contributed by atoms with Crippen molar-refractivity contribution in [2.24, 2.45) is 11.1 Å². The van der Waals surface area contributed by atoms with Crippen LogP contribution in [0.4, 0.5) is 0 Å². The van der Waals surface area contributed by atoms with E-state index in [1.807, 2.05) is 20.8 Å². The third-order valence-corrected chi connectivity index (χ3v) is 3.87. The molecule has 0 fully saturated rings. The molecule has 0 aliphatic carbocycles. The Bertz CT molecular complexity index is 406. The summed E-state index contributed by atoms with van der Waals surface area (Å²) in [5.41, 5.74) is 5.41. The van der Waals surface area contributed by atoms with Crippen molar-refractivity contribution >= 4 is 15.7 Å². The summed E-state index contributed by atoms with van der Waals surface area (Å²) in [6.45, 7) is 5.58. The van der Waals surface area contributed by atoms with Crippen molar-refractivity contribution in [2.45, 2.75) is 32.9 Å². The normalized spacial score (nSPS) is 25.4. The lowest BCUT2D eigenvalue weighted by atomic mass is 9.87. The van der Waals surface area contributed by atoms with Crippen LogP contribution in [-0.4, -0.2) is 32.2 Å². The van der Waals surface area contributed by atoms with Crippen molar-refractivity contribution in [1.82, 2.24) is 5.32 Å². The molecule has 0 saturated carbocycles. The lowest BCUT2D eigenvalue weighted by Crippen LogP contribution is -2.51. The van der Waals surface area contributed by atoms with Gasteiger partial charge in [-0.25, -0.2) is 8.42 Å². The van der Waals surface area contributed by atoms with Crippen molar-refractivity contribution in [2.75, 3.05) is 5.75 Å². The first-order valence-electron chi connectivity index (χ1n) is 5.09. The Kier molecular flexibility index (Phi) is 3.44. The van der Waals surface area contributed by atoms with E-state index in [1.165, 1.54) is 6.08 Å². The van der Waals surface area contributed by atoms with Gasteiger partial charge in [-0.1, -0.05) is 20.8 Å². The molecular formula is C10H18N2O3S. The fourth-order valence-electron chi connectivity index (χ4n) is 1.33. The first-order chi connectivity index (χ1) is 7.12. The second kappa shape index (κ2) is 4.18. The Morgan fingerprint density at radius 2 is 2.06 bits per heavy atom. The van der Waals surface area contributed by atoms with Crippen LogP contribution < -0.4 is 11.1 Å². The predicted molar refractivity (Wildman–Crippen MR) is 62.3 cm³/mol. The van der Waals surface area contributed by atoms with Crippen LogP contribution in [0.5, 0.6) is 0 Å². The van der Waals surface area contributed by atoms with Crippen molar-refractivity contribution < 1.29 is 13.2 Å². The van der Waals surface area contributed by atoms with E-state index in [2.05, 4.69) is 5.32 Å². The Labute approximate surface area is 96.0 Å². The quantitative estimate of drug-likeness (QED) is 0.705. The number of carbonyl (C=O) groups is 1. The molecule has 0 aromatic heterocycles. The van der Waals surface area contributed by atoms with Crippen molar-refractivity contribution in [1.29, 1.82) is 0 Å². The number of nitrogens with two attached hydrogens (primary N) is 1. The molecule has 1 unspecified atom stereocenters. The molecule has 0 saturated heterocycles. The summed E-state index contributed by atoms with van der Waals surface area (Å²) in [4.78, 5) is 11.7. The molecule has 2 atom stereocenters. The maximum atomic E-state index is 11.7. The minimum atomic E-state index is -3.14. The number of rotatable bonds is 2. The molecule has 1 aliphatic heterocycles. The standard InChI is InChI=1S/C10H18N2O3S/c1-10(2,3)8(11)9(13)12-7-4-5-16(14,15)6-7/h4-5,7-8H,6,11H2,1-3H3,(H,12,13)/t7?,8-/m0/s1. The van der Waals surface area contributed by atoms with Crippen LogP contribution in [0.1, 0.15) is 20.8 Å². The van der Waals surface area contributed by atoms with E-state index in [0.717, 1.165) is 5.41 Å². The summed E-state index contributed by atoms with van der Waals surface area (Å²) in [7, 11) is -3.14. The summed E-state index contributed by atoms with van der Waals surface area (Å²) in [5, 5.41) is 3.74. The maximum absolute atomic E-state index is 11.7. The summed E-state index contributed by atoms with van der Waals surface area (Å²) in [6.07, 6.45) is 1.47. The van der Waals surface area contributed by atoms with E-state index in [1.54, 1.807) is 0 Å². The number of nitrogens with one attached hydrogen (secondary N) is 1. The number of hydrogen-bond acceptors (Lipinski definition) is 4. The van der Waals surface area contributed by atoms with Crippen molar-refractivity contribution in [3.05, 3.63) is 11.5 Å². The highest BCUT2D eigenvalue weighted by atomic mass is 32.2. The van der Waals surface area contributed by atoms with Gasteiger partial charge in [-0.15, -0.1) is 0 Å². The fraction of sp³-hybridized carbons (Fsp3) is 0.700. The highest BCUT2D eigenvalue weighted by Gasteiger charge is 2.30. The van der Waals surface area contributed by atoms with Gasteiger partial charge in [0.05, 0.1) is 17.8 Å². The monoisotopic (exact) mass is 246 g/mol. The number of hydrogen-bond donors (Lipinski definition) is 2. The number of carbonyl (C=O) groups excluding carboxylic acids is 1. The zero-order chi connectivity index (χ0) is 12.6. The lowest BCUT2D eigenvalue weighted by molar-refractivity contribution is -0.124. The summed E-state index contributed by atoms with van der Waals surface area (Å²) in [6, 6.07) is -1.10. The minimum Gasteiger partial charge on any atom is -0.347 e. The molecule has 92 valence electrons. The van der Waals surface area contributed by atoms with E-state index >= 15 is 0 Å². The highest BCUT2D eigenvalue weighted by molar-refractivity contribution is 7.94. The molecule has 0 bridgehead atoms. The van der Waals surface area contributed by atoms with Crippen LogP contribution in [0.2, 0.25) is 0 Å². The van der Waals surface area contributed by atoms with E-state index in [0.29, 0.717) is 0 Å². The second-order valence-corrected chi connectivity index (χ2v) is 7.05. The van der Waals surface area contributed by atoms with Crippen LogP contribution in [0.3, 0.4) is 0 Å². The maximum Gasteiger partial charge on any atom is 0.237 e. The Balaban J connectivity index is 2.58. The molecule has 6 heteroatoms. The van der Waals surface area contributed by atoms with Gasteiger partial charge in [-0.2, -0.15) is 0 Å². The molecule has 1 amide bonds. The Morgan fingerprint density at radius 1 is 1.50 bits per heavy atom. The molecule has 1 aliphatic rings. The van der Waals surface area contributed by atoms with Gasteiger partial charge >= 0.3 is 0 Å². The average molecular weight is 246 g/mol. The van der Waals surface area contributed by atoms with Gasteiger partial charge in [-0.3, -0.25) is 4.79 Å². The van der Waals surface area contributed by atoms with E-state index in [4.69, 9.17) is 5.73 Å². The van der Waals surface area contributed by atoms with Gasteiger partial charge in [0.25, 0.3) is 0 Å². The van der Waals surface area contributed by atoms with E-state index in [-0.39, 0.29) is 17.1 Å². The largest absolute Gasteiger partial charge is 0.347 e. The first kappa shape index (κ1) is 13.2. The molecule has 0 radical (unpaired) electrons. The summed E-state index contributed by atoms with van der Waals surface area (Å²) in [5.74, 6) is -0.394. The Hall–Kier alpha value is -0.880. The van der Waals surface area contributed by atoms with Crippen LogP contribution in [0, 0.1) is 5.41 Å². The van der Waals surface area contributed by atoms with E-state index in [9.17, 15) is 13.2 Å². The molecule has 1 heterocycles.